The molecule has 1 heterocycles. The summed E-state index contributed by atoms with van der Waals surface area (Å²) in [5.74, 6) is 1.70. The Balaban J connectivity index is 1.16. The van der Waals surface area contributed by atoms with Crippen LogP contribution < -0.4 is 0 Å². The molecule has 4 nitrogen and oxygen atoms in total. The van der Waals surface area contributed by atoms with Crippen molar-refractivity contribution < 1.29 is 0 Å². The quantitative estimate of drug-likeness (QED) is 0.196. The molecule has 0 saturated heterocycles. The number of amidine groups is 2. The lowest BCUT2D eigenvalue weighted by atomic mass is 9.79. The number of likely N-dealkylation sites (N-methyl/N-ethyl adjacent to an activating group) is 1. The van der Waals surface area contributed by atoms with Gasteiger partial charge in [0.15, 0.2) is 12.0 Å². The molecule has 5 aromatic carbocycles. The zero-order valence-corrected chi connectivity index (χ0v) is 27.5. The van der Waals surface area contributed by atoms with Crippen LogP contribution in [0.15, 0.2) is 149 Å². The van der Waals surface area contributed by atoms with E-state index in [-0.39, 0.29) is 11.6 Å². The average molecular weight is 621 g/mol. The maximum absolute atomic E-state index is 9.85. The molecule has 0 spiro atoms. The van der Waals surface area contributed by atoms with Gasteiger partial charge >= 0.3 is 0 Å². The number of rotatable bonds is 5. The fourth-order valence-corrected chi connectivity index (χ4v) is 7.56. The fourth-order valence-electron chi connectivity index (χ4n) is 7.56. The zero-order chi connectivity index (χ0) is 32.8. The van der Waals surface area contributed by atoms with Crippen LogP contribution in [0, 0.1) is 11.3 Å². The Bertz CT molecular complexity index is 2230. The molecule has 8 rings (SSSR count). The summed E-state index contributed by atoms with van der Waals surface area (Å²) in [5, 5.41) is 9.85. The number of hydrogen-bond acceptors (Lipinski definition) is 4. The van der Waals surface area contributed by atoms with Gasteiger partial charge in [0.25, 0.3) is 0 Å². The van der Waals surface area contributed by atoms with Crippen molar-refractivity contribution in [3.8, 4) is 39.4 Å². The molecule has 1 aliphatic heterocycles. The second kappa shape index (κ2) is 11.8. The number of aliphatic imine (C=N–C) groups is 2. The Morgan fingerprint density at radius 2 is 1.46 bits per heavy atom. The molecular formula is C44H36N4. The van der Waals surface area contributed by atoms with Crippen molar-refractivity contribution in [1.29, 1.82) is 5.26 Å². The number of nitriles is 1. The highest BCUT2D eigenvalue weighted by Gasteiger charge is 2.37. The van der Waals surface area contributed by atoms with Crippen molar-refractivity contribution in [2.75, 3.05) is 7.05 Å². The Labute approximate surface area is 282 Å². The molecule has 0 radical (unpaired) electrons. The largest absolute Gasteiger partial charge is 0.333 e. The smallest absolute Gasteiger partial charge is 0.159 e. The summed E-state index contributed by atoms with van der Waals surface area (Å²) in [7, 11) is 2.10. The van der Waals surface area contributed by atoms with E-state index in [0.29, 0.717) is 0 Å². The maximum Gasteiger partial charge on any atom is 0.159 e. The molecule has 48 heavy (non-hydrogen) atoms. The SMILES string of the molecule is CN1C(C2=CCCC=C2)=NC(c2ccccc2)=NC1c1ccccc1-c1ccc(-c2ccc3c(c2)C(C)(C)c2c(C#N)cccc2-3)cc1. The molecule has 0 fully saturated rings. The molecule has 5 aromatic rings. The minimum atomic E-state index is -0.247. The van der Waals surface area contributed by atoms with Crippen molar-refractivity contribution in [3.63, 3.8) is 0 Å². The van der Waals surface area contributed by atoms with Gasteiger partial charge in [-0.05, 0) is 69.5 Å². The molecule has 232 valence electrons. The average Bonchev–Trinajstić information content (AvgIpc) is 3.38. The van der Waals surface area contributed by atoms with Gasteiger partial charge in [0.2, 0.25) is 0 Å². The highest BCUT2D eigenvalue weighted by Crippen LogP contribution is 2.51. The molecule has 1 unspecified atom stereocenters. The van der Waals surface area contributed by atoms with Crippen LogP contribution in [0.1, 0.15) is 60.7 Å². The summed E-state index contributed by atoms with van der Waals surface area (Å²) in [5.41, 5.74) is 13.2. The first-order valence-corrected chi connectivity index (χ1v) is 16.6. The minimum Gasteiger partial charge on any atom is -0.333 e. The van der Waals surface area contributed by atoms with Crippen molar-refractivity contribution in [2.24, 2.45) is 9.98 Å². The van der Waals surface area contributed by atoms with E-state index in [4.69, 9.17) is 9.98 Å². The first-order chi connectivity index (χ1) is 23.4. The van der Waals surface area contributed by atoms with E-state index < -0.39 is 0 Å². The molecule has 0 saturated carbocycles. The van der Waals surface area contributed by atoms with Crippen LogP contribution in [0.5, 0.6) is 0 Å². The standard InChI is InChI=1S/C44H36N4/c1-44(2)39-27-33(25-26-36(39)37-20-12-17-34(28-45)40(37)44)29-21-23-30(24-22-29)35-18-10-11-19-38(35)43-47-41(31-13-6-4-7-14-31)46-42(48(43)3)32-15-8-5-9-16-32/h4,6-8,10-27,43H,5,9H2,1-3H3. The van der Waals surface area contributed by atoms with E-state index in [1.54, 1.807) is 0 Å². The van der Waals surface area contributed by atoms with Gasteiger partial charge in [-0.1, -0.05) is 135 Å². The number of fused-ring (bicyclic) bond motifs is 3. The summed E-state index contributed by atoms with van der Waals surface area (Å²) in [6, 6.07) is 43.0. The second-order valence-corrected chi connectivity index (χ2v) is 13.3. The third-order valence-electron chi connectivity index (χ3n) is 10.0. The van der Waals surface area contributed by atoms with Gasteiger partial charge < -0.3 is 4.90 Å². The van der Waals surface area contributed by atoms with Crippen LogP contribution in [0.3, 0.4) is 0 Å². The molecule has 3 aliphatic rings. The van der Waals surface area contributed by atoms with Crippen LogP contribution in [-0.4, -0.2) is 23.6 Å². The van der Waals surface area contributed by atoms with Crippen LogP contribution in [-0.2, 0) is 5.41 Å². The number of hydrogen-bond donors (Lipinski definition) is 0. The molecule has 0 aromatic heterocycles. The van der Waals surface area contributed by atoms with Crippen molar-refractivity contribution >= 4 is 11.7 Å². The highest BCUT2D eigenvalue weighted by molar-refractivity contribution is 6.13. The van der Waals surface area contributed by atoms with Crippen LogP contribution in [0.25, 0.3) is 33.4 Å². The second-order valence-electron chi connectivity index (χ2n) is 13.3. The van der Waals surface area contributed by atoms with Crippen LogP contribution >= 0.6 is 0 Å². The Hall–Kier alpha value is -5.79. The molecule has 4 heteroatoms. The lowest BCUT2D eigenvalue weighted by molar-refractivity contribution is 0.383. The third-order valence-corrected chi connectivity index (χ3v) is 10.0. The summed E-state index contributed by atoms with van der Waals surface area (Å²) in [6.45, 7) is 4.46. The monoisotopic (exact) mass is 620 g/mol. The summed E-state index contributed by atoms with van der Waals surface area (Å²) in [4.78, 5) is 12.6. The lowest BCUT2D eigenvalue weighted by Crippen LogP contribution is -2.36. The third kappa shape index (κ3) is 4.91. The lowest BCUT2D eigenvalue weighted by Gasteiger charge is -2.34. The van der Waals surface area contributed by atoms with Crippen LogP contribution in [0.4, 0.5) is 0 Å². The Morgan fingerprint density at radius 3 is 2.23 bits per heavy atom. The molecule has 2 aliphatic carbocycles. The fraction of sp³-hybridized carbons (Fsp3) is 0.159. The molecule has 1 atom stereocenters. The summed E-state index contributed by atoms with van der Waals surface area (Å²) in [6.07, 6.45) is 8.54. The van der Waals surface area contributed by atoms with E-state index >= 15 is 0 Å². The van der Waals surface area contributed by atoms with E-state index in [0.717, 1.165) is 69.0 Å². The van der Waals surface area contributed by atoms with Crippen molar-refractivity contribution in [1.82, 2.24) is 4.90 Å². The van der Waals surface area contributed by atoms with Gasteiger partial charge in [0, 0.05) is 29.2 Å². The summed E-state index contributed by atoms with van der Waals surface area (Å²) >= 11 is 0. The molecular weight excluding hydrogens is 585 g/mol. The predicted octanol–water partition coefficient (Wildman–Crippen LogP) is 10.3. The first-order valence-electron chi connectivity index (χ1n) is 16.6. The minimum absolute atomic E-state index is 0.237. The van der Waals surface area contributed by atoms with Gasteiger partial charge in [-0.25, -0.2) is 9.98 Å². The van der Waals surface area contributed by atoms with Gasteiger partial charge in [0.05, 0.1) is 11.6 Å². The summed E-state index contributed by atoms with van der Waals surface area (Å²) < 4.78 is 0. The molecule has 0 amide bonds. The zero-order valence-electron chi connectivity index (χ0n) is 27.5. The van der Waals surface area contributed by atoms with E-state index in [2.05, 4.69) is 135 Å². The number of benzene rings is 5. The normalized spacial score (nSPS) is 17.5. The predicted molar refractivity (Wildman–Crippen MR) is 197 cm³/mol. The van der Waals surface area contributed by atoms with Crippen LogP contribution in [0.2, 0.25) is 0 Å². The topological polar surface area (TPSA) is 51.8 Å². The Morgan fingerprint density at radius 1 is 0.729 bits per heavy atom. The molecule has 0 N–H and O–H groups in total. The number of nitrogens with zero attached hydrogens (tertiary/aromatic N) is 4. The number of allylic oxidation sites excluding steroid dienone is 2. The van der Waals surface area contributed by atoms with E-state index in [1.807, 2.05) is 30.3 Å². The van der Waals surface area contributed by atoms with Gasteiger partial charge in [0.1, 0.15) is 5.84 Å². The van der Waals surface area contributed by atoms with Crippen molar-refractivity contribution in [2.45, 2.75) is 38.3 Å². The first kappa shape index (κ1) is 29.6. The van der Waals surface area contributed by atoms with Gasteiger partial charge in [-0.3, -0.25) is 0 Å². The van der Waals surface area contributed by atoms with Gasteiger partial charge in [-0.2, -0.15) is 5.26 Å². The van der Waals surface area contributed by atoms with E-state index in [1.165, 1.54) is 22.3 Å². The highest BCUT2D eigenvalue weighted by atomic mass is 15.3. The van der Waals surface area contributed by atoms with Crippen molar-refractivity contribution in [3.05, 3.63) is 167 Å². The van der Waals surface area contributed by atoms with Gasteiger partial charge in [-0.15, -0.1) is 0 Å². The van der Waals surface area contributed by atoms with E-state index in [9.17, 15) is 5.26 Å². The molecule has 0 bridgehead atoms. The maximum atomic E-state index is 9.85. The Kier molecular flexibility index (Phi) is 7.26.